The average Bonchev–Trinajstić information content (AvgIpc) is 2.89. The maximum atomic E-state index is 12.0. The third kappa shape index (κ3) is 3.21. The van der Waals surface area contributed by atoms with Gasteiger partial charge in [0.1, 0.15) is 5.60 Å². The van der Waals surface area contributed by atoms with Crippen LogP contribution in [0, 0.1) is 11.8 Å². The highest BCUT2D eigenvalue weighted by Gasteiger charge is 2.41. The summed E-state index contributed by atoms with van der Waals surface area (Å²) in [5.74, 6) is 0.309. The smallest absolute Gasteiger partial charge is 0.309 e. The fourth-order valence-electron chi connectivity index (χ4n) is 2.47. The number of hydrogen-bond donors (Lipinski definition) is 0. The van der Waals surface area contributed by atoms with Crippen LogP contribution in [0.3, 0.4) is 0 Å². The molecule has 1 fully saturated rings. The van der Waals surface area contributed by atoms with Crippen LogP contribution in [-0.2, 0) is 14.3 Å². The van der Waals surface area contributed by atoms with Crippen molar-refractivity contribution in [2.45, 2.75) is 59.0 Å². The lowest BCUT2D eigenvalue weighted by Crippen LogP contribution is -2.43. The van der Waals surface area contributed by atoms with E-state index in [-0.39, 0.29) is 17.5 Å². The molecule has 100 valence electrons. The molecule has 0 bridgehead atoms. The Morgan fingerprint density at radius 3 is 2.47 bits per heavy atom. The summed E-state index contributed by atoms with van der Waals surface area (Å²) in [6, 6.07) is 0. The Hall–Kier alpha value is -0.570. The Labute approximate surface area is 105 Å². The van der Waals surface area contributed by atoms with E-state index in [4.69, 9.17) is 9.47 Å². The minimum absolute atomic E-state index is 0.00482. The molecule has 3 nitrogen and oxygen atoms in total. The molecule has 3 heteroatoms. The van der Waals surface area contributed by atoms with E-state index in [2.05, 4.69) is 13.8 Å². The number of hydrogen-bond acceptors (Lipinski definition) is 3. The minimum Gasteiger partial charge on any atom is -0.458 e. The van der Waals surface area contributed by atoms with Crippen molar-refractivity contribution < 1.29 is 14.3 Å². The molecule has 0 aromatic rings. The standard InChI is InChI=1S/C14H26O3/c1-5-11(4)13(15)17-14(6-2,7-3)12-8-9-16-10-12/h11-12H,5-10H2,1-4H3. The lowest BCUT2D eigenvalue weighted by molar-refractivity contribution is -0.172. The first-order valence-corrected chi connectivity index (χ1v) is 6.90. The summed E-state index contributed by atoms with van der Waals surface area (Å²) in [6.07, 6.45) is 3.60. The highest BCUT2D eigenvalue weighted by molar-refractivity contribution is 5.72. The van der Waals surface area contributed by atoms with Crippen LogP contribution in [0.4, 0.5) is 0 Å². The molecule has 2 atom stereocenters. The zero-order valence-electron chi connectivity index (χ0n) is 11.6. The van der Waals surface area contributed by atoms with Gasteiger partial charge >= 0.3 is 5.97 Å². The van der Waals surface area contributed by atoms with Gasteiger partial charge in [0.25, 0.3) is 0 Å². The van der Waals surface area contributed by atoms with Crippen LogP contribution < -0.4 is 0 Å². The third-order valence-electron chi connectivity index (χ3n) is 4.19. The highest BCUT2D eigenvalue weighted by Crippen LogP contribution is 2.36. The van der Waals surface area contributed by atoms with Gasteiger partial charge in [0.15, 0.2) is 0 Å². The van der Waals surface area contributed by atoms with Crippen molar-refractivity contribution in [3.63, 3.8) is 0 Å². The SMILES string of the molecule is CCC(C)C(=O)OC(CC)(CC)C1CCOC1. The van der Waals surface area contributed by atoms with Crippen molar-refractivity contribution in [2.75, 3.05) is 13.2 Å². The van der Waals surface area contributed by atoms with Gasteiger partial charge in [-0.25, -0.2) is 0 Å². The maximum absolute atomic E-state index is 12.0. The van der Waals surface area contributed by atoms with Crippen molar-refractivity contribution in [1.82, 2.24) is 0 Å². The molecule has 0 saturated carbocycles. The molecule has 1 heterocycles. The number of ether oxygens (including phenoxy) is 2. The highest BCUT2D eigenvalue weighted by atomic mass is 16.6. The molecule has 0 aromatic carbocycles. The zero-order valence-corrected chi connectivity index (χ0v) is 11.6. The molecule has 1 saturated heterocycles. The molecular formula is C14H26O3. The molecule has 0 aromatic heterocycles. The molecule has 0 N–H and O–H groups in total. The second-order valence-electron chi connectivity index (χ2n) is 5.06. The van der Waals surface area contributed by atoms with Crippen LogP contribution in [0.2, 0.25) is 0 Å². The first kappa shape index (κ1) is 14.5. The quantitative estimate of drug-likeness (QED) is 0.671. The Morgan fingerprint density at radius 2 is 2.06 bits per heavy atom. The average molecular weight is 242 g/mol. The molecule has 0 amide bonds. The molecule has 0 aliphatic carbocycles. The normalized spacial score (nSPS) is 22.5. The molecule has 0 radical (unpaired) electrons. The van der Waals surface area contributed by atoms with E-state index in [0.29, 0.717) is 5.92 Å². The largest absolute Gasteiger partial charge is 0.458 e. The minimum atomic E-state index is -0.309. The van der Waals surface area contributed by atoms with Crippen LogP contribution in [0.25, 0.3) is 0 Å². The van der Waals surface area contributed by atoms with E-state index >= 15 is 0 Å². The fraction of sp³-hybridized carbons (Fsp3) is 0.929. The Balaban J connectivity index is 2.73. The van der Waals surface area contributed by atoms with Gasteiger partial charge in [-0.3, -0.25) is 4.79 Å². The van der Waals surface area contributed by atoms with Gasteiger partial charge in [-0.1, -0.05) is 27.7 Å². The Morgan fingerprint density at radius 1 is 1.41 bits per heavy atom. The molecule has 2 unspecified atom stereocenters. The zero-order chi connectivity index (χ0) is 12.9. The Bertz CT molecular complexity index is 240. The summed E-state index contributed by atoms with van der Waals surface area (Å²) < 4.78 is 11.3. The van der Waals surface area contributed by atoms with E-state index in [9.17, 15) is 4.79 Å². The Kier molecular flexibility index (Phi) is 5.44. The van der Waals surface area contributed by atoms with Crippen LogP contribution in [0.15, 0.2) is 0 Å². The van der Waals surface area contributed by atoms with Gasteiger partial charge in [0.05, 0.1) is 12.5 Å². The summed E-state index contributed by atoms with van der Waals surface area (Å²) in [6.45, 7) is 9.69. The predicted octanol–water partition coefficient (Wildman–Crippen LogP) is 3.17. The lowest BCUT2D eigenvalue weighted by atomic mass is 9.82. The number of carbonyl (C=O) groups is 1. The molecule has 1 rings (SSSR count). The molecule has 1 aliphatic heterocycles. The first-order chi connectivity index (χ1) is 8.09. The van der Waals surface area contributed by atoms with Crippen molar-refractivity contribution in [2.24, 2.45) is 11.8 Å². The summed E-state index contributed by atoms with van der Waals surface area (Å²) in [5.41, 5.74) is -0.309. The van der Waals surface area contributed by atoms with Gasteiger partial charge < -0.3 is 9.47 Å². The van der Waals surface area contributed by atoms with Gasteiger partial charge in [-0.15, -0.1) is 0 Å². The second kappa shape index (κ2) is 6.39. The van der Waals surface area contributed by atoms with Gasteiger partial charge in [0, 0.05) is 12.5 Å². The van der Waals surface area contributed by atoms with Crippen LogP contribution >= 0.6 is 0 Å². The van der Waals surface area contributed by atoms with Crippen LogP contribution in [0.5, 0.6) is 0 Å². The molecular weight excluding hydrogens is 216 g/mol. The van der Waals surface area contributed by atoms with Gasteiger partial charge in [0.2, 0.25) is 0 Å². The van der Waals surface area contributed by atoms with Gasteiger partial charge in [-0.05, 0) is 25.7 Å². The maximum Gasteiger partial charge on any atom is 0.309 e. The molecule has 17 heavy (non-hydrogen) atoms. The number of carbonyl (C=O) groups excluding carboxylic acids is 1. The van der Waals surface area contributed by atoms with E-state index in [0.717, 1.165) is 38.9 Å². The van der Waals surface area contributed by atoms with Crippen molar-refractivity contribution in [1.29, 1.82) is 0 Å². The molecule has 1 aliphatic rings. The van der Waals surface area contributed by atoms with Crippen LogP contribution in [-0.4, -0.2) is 24.8 Å². The monoisotopic (exact) mass is 242 g/mol. The van der Waals surface area contributed by atoms with Crippen LogP contribution in [0.1, 0.15) is 53.4 Å². The topological polar surface area (TPSA) is 35.5 Å². The predicted molar refractivity (Wildman–Crippen MR) is 67.8 cm³/mol. The summed E-state index contributed by atoms with van der Waals surface area (Å²) >= 11 is 0. The van der Waals surface area contributed by atoms with Crippen molar-refractivity contribution in [3.8, 4) is 0 Å². The first-order valence-electron chi connectivity index (χ1n) is 6.90. The summed E-state index contributed by atoms with van der Waals surface area (Å²) in [7, 11) is 0. The van der Waals surface area contributed by atoms with E-state index in [1.54, 1.807) is 0 Å². The van der Waals surface area contributed by atoms with E-state index in [1.807, 2.05) is 13.8 Å². The number of esters is 1. The lowest BCUT2D eigenvalue weighted by Gasteiger charge is -2.37. The van der Waals surface area contributed by atoms with Crippen molar-refractivity contribution in [3.05, 3.63) is 0 Å². The third-order valence-corrected chi connectivity index (χ3v) is 4.19. The number of rotatable bonds is 6. The summed E-state index contributed by atoms with van der Waals surface area (Å²) in [4.78, 5) is 12.0. The summed E-state index contributed by atoms with van der Waals surface area (Å²) in [5, 5.41) is 0. The second-order valence-corrected chi connectivity index (χ2v) is 5.06. The molecule has 0 spiro atoms. The van der Waals surface area contributed by atoms with E-state index in [1.165, 1.54) is 0 Å². The van der Waals surface area contributed by atoms with Crippen molar-refractivity contribution >= 4 is 5.97 Å². The van der Waals surface area contributed by atoms with Gasteiger partial charge in [-0.2, -0.15) is 0 Å². The van der Waals surface area contributed by atoms with E-state index < -0.39 is 0 Å². The fourth-order valence-corrected chi connectivity index (χ4v) is 2.47.